The maximum atomic E-state index is 13.5. The molecule has 0 aromatic heterocycles. The van der Waals surface area contributed by atoms with E-state index >= 15 is 0 Å². The number of likely N-dealkylation sites (N-methyl/N-ethyl adjacent to an activating group) is 1. The highest BCUT2D eigenvalue weighted by Crippen LogP contribution is 2.37. The Labute approximate surface area is 221 Å². The molecule has 0 unspecified atom stereocenters. The Balaban J connectivity index is 1.50. The third-order valence-electron chi connectivity index (χ3n) is 6.51. The van der Waals surface area contributed by atoms with Crippen LogP contribution in [0.25, 0.3) is 10.8 Å². The predicted octanol–water partition coefficient (Wildman–Crippen LogP) is 5.83. The zero-order valence-electron chi connectivity index (χ0n) is 20.4. The molecule has 6 nitrogen and oxygen atoms in total. The van der Waals surface area contributed by atoms with E-state index in [0.717, 1.165) is 16.5 Å². The first-order valence-corrected chi connectivity index (χ1v) is 13.0. The fourth-order valence-electron chi connectivity index (χ4n) is 4.78. The first-order chi connectivity index (χ1) is 17.3. The van der Waals surface area contributed by atoms with Crippen LogP contribution in [-0.4, -0.2) is 41.8 Å². The van der Waals surface area contributed by atoms with Crippen molar-refractivity contribution in [2.45, 2.75) is 45.7 Å². The molecule has 4 rings (SSSR count). The molecule has 0 fully saturated rings. The molecule has 8 heteroatoms. The molecule has 3 amide bonds. The highest BCUT2D eigenvalue weighted by Gasteiger charge is 2.31. The van der Waals surface area contributed by atoms with E-state index in [1.807, 2.05) is 50.2 Å². The van der Waals surface area contributed by atoms with Gasteiger partial charge in [0, 0.05) is 47.1 Å². The van der Waals surface area contributed by atoms with Gasteiger partial charge in [0.05, 0.1) is 5.69 Å². The summed E-state index contributed by atoms with van der Waals surface area (Å²) in [6, 6.07) is 16.1. The van der Waals surface area contributed by atoms with E-state index in [4.69, 9.17) is 23.2 Å². The largest absolute Gasteiger partial charge is 0.355 e. The molecule has 3 aromatic carbocycles. The van der Waals surface area contributed by atoms with Gasteiger partial charge in [-0.15, -0.1) is 0 Å². The lowest BCUT2D eigenvalue weighted by Crippen LogP contribution is -2.49. The van der Waals surface area contributed by atoms with Crippen molar-refractivity contribution >= 4 is 57.4 Å². The zero-order valence-corrected chi connectivity index (χ0v) is 21.9. The third-order valence-corrected chi connectivity index (χ3v) is 7.10. The van der Waals surface area contributed by atoms with Crippen LogP contribution >= 0.6 is 23.2 Å². The standard InChI is InChI=1S/C28H29Cl2N3O3/c1-3-23(27(35)31-4-2)33(17-19-13-14-20(29)16-22(19)30)25(34)12-7-15-32-24-11-6-9-18-8-5-10-21(26(18)24)28(32)36/h5-6,8-11,13-14,16,23H,3-4,7,12,15,17H2,1-2H3,(H,31,35)/t23-/m1/s1. The Morgan fingerprint density at radius 1 is 1.06 bits per heavy atom. The fraction of sp³-hybridized carbons (Fsp3) is 0.321. The van der Waals surface area contributed by atoms with Crippen LogP contribution in [0.3, 0.4) is 0 Å². The Kier molecular flexibility index (Phi) is 8.17. The number of hydrogen-bond acceptors (Lipinski definition) is 3. The van der Waals surface area contributed by atoms with Crippen molar-refractivity contribution in [2.75, 3.05) is 18.0 Å². The van der Waals surface area contributed by atoms with Gasteiger partial charge in [0.2, 0.25) is 11.8 Å². The highest BCUT2D eigenvalue weighted by atomic mass is 35.5. The Morgan fingerprint density at radius 2 is 1.81 bits per heavy atom. The second-order valence-electron chi connectivity index (χ2n) is 8.82. The highest BCUT2D eigenvalue weighted by molar-refractivity contribution is 6.35. The van der Waals surface area contributed by atoms with Crippen LogP contribution in [0.15, 0.2) is 54.6 Å². The number of hydrogen-bond donors (Lipinski definition) is 1. The van der Waals surface area contributed by atoms with Gasteiger partial charge in [-0.1, -0.05) is 60.5 Å². The van der Waals surface area contributed by atoms with Crippen LogP contribution in [0.2, 0.25) is 10.0 Å². The molecule has 1 N–H and O–H groups in total. The minimum atomic E-state index is -0.629. The Hall–Kier alpha value is -3.09. The maximum Gasteiger partial charge on any atom is 0.258 e. The molecule has 3 aromatic rings. The molecule has 0 radical (unpaired) electrons. The summed E-state index contributed by atoms with van der Waals surface area (Å²) in [6.07, 6.45) is 1.12. The molecule has 1 aliphatic rings. The van der Waals surface area contributed by atoms with E-state index < -0.39 is 6.04 Å². The van der Waals surface area contributed by atoms with Crippen LogP contribution < -0.4 is 10.2 Å². The second-order valence-corrected chi connectivity index (χ2v) is 9.66. The summed E-state index contributed by atoms with van der Waals surface area (Å²) in [5, 5.41) is 5.76. The summed E-state index contributed by atoms with van der Waals surface area (Å²) in [6.45, 7) is 4.80. The van der Waals surface area contributed by atoms with E-state index in [0.29, 0.717) is 47.1 Å². The lowest BCUT2D eigenvalue weighted by molar-refractivity contribution is -0.141. The molecule has 0 saturated heterocycles. The summed E-state index contributed by atoms with van der Waals surface area (Å²) in [4.78, 5) is 42.7. The van der Waals surface area contributed by atoms with Crippen LogP contribution in [0.1, 0.15) is 49.0 Å². The topological polar surface area (TPSA) is 69.7 Å². The van der Waals surface area contributed by atoms with E-state index in [1.165, 1.54) is 0 Å². The lowest BCUT2D eigenvalue weighted by atomic mass is 10.1. The number of nitrogens with one attached hydrogen (secondary N) is 1. The number of nitrogens with zero attached hydrogens (tertiary/aromatic N) is 2. The van der Waals surface area contributed by atoms with Crippen molar-refractivity contribution in [3.05, 3.63) is 75.8 Å². The molecule has 1 heterocycles. The number of carbonyl (C=O) groups is 3. The van der Waals surface area contributed by atoms with Crippen molar-refractivity contribution in [2.24, 2.45) is 0 Å². The molecule has 0 saturated carbocycles. The minimum Gasteiger partial charge on any atom is -0.355 e. The molecule has 1 atom stereocenters. The molecule has 0 aliphatic carbocycles. The van der Waals surface area contributed by atoms with E-state index in [2.05, 4.69) is 5.32 Å². The zero-order chi connectivity index (χ0) is 25.8. The number of halogens is 2. The molecule has 36 heavy (non-hydrogen) atoms. The number of amides is 3. The minimum absolute atomic E-state index is 0.0483. The van der Waals surface area contributed by atoms with E-state index in [9.17, 15) is 14.4 Å². The maximum absolute atomic E-state index is 13.5. The average molecular weight is 526 g/mol. The number of carbonyl (C=O) groups excluding carboxylic acids is 3. The van der Waals surface area contributed by atoms with Gasteiger partial charge in [0.1, 0.15) is 6.04 Å². The molecule has 188 valence electrons. The monoisotopic (exact) mass is 525 g/mol. The molecule has 0 bridgehead atoms. The van der Waals surface area contributed by atoms with Gasteiger partial charge in [-0.05, 0) is 55.0 Å². The number of rotatable bonds is 10. The van der Waals surface area contributed by atoms with Crippen molar-refractivity contribution in [3.8, 4) is 0 Å². The fourth-order valence-corrected chi connectivity index (χ4v) is 5.25. The van der Waals surface area contributed by atoms with Gasteiger partial charge in [-0.25, -0.2) is 0 Å². The van der Waals surface area contributed by atoms with Gasteiger partial charge < -0.3 is 15.1 Å². The van der Waals surface area contributed by atoms with Crippen molar-refractivity contribution in [1.82, 2.24) is 10.2 Å². The SMILES string of the molecule is CCNC(=O)[C@@H](CC)N(Cc1ccc(Cl)cc1Cl)C(=O)CCCN1C(=O)c2cccc3cccc1c23. The van der Waals surface area contributed by atoms with E-state index in [1.54, 1.807) is 28.0 Å². The average Bonchev–Trinajstić information content (AvgIpc) is 3.13. The first-order valence-electron chi connectivity index (χ1n) is 12.2. The van der Waals surface area contributed by atoms with Crippen molar-refractivity contribution in [3.63, 3.8) is 0 Å². The molecule has 1 aliphatic heterocycles. The summed E-state index contributed by atoms with van der Waals surface area (Å²) in [7, 11) is 0. The third kappa shape index (κ3) is 5.20. The number of anilines is 1. The summed E-state index contributed by atoms with van der Waals surface area (Å²) in [5.41, 5.74) is 2.28. The lowest BCUT2D eigenvalue weighted by Gasteiger charge is -2.31. The Bertz CT molecular complexity index is 1310. The van der Waals surface area contributed by atoms with Crippen molar-refractivity contribution in [1.29, 1.82) is 0 Å². The molecule has 0 spiro atoms. The summed E-state index contributed by atoms with van der Waals surface area (Å²) in [5.74, 6) is -0.412. The molecular formula is C28H29Cl2N3O3. The van der Waals surface area contributed by atoms with E-state index in [-0.39, 0.29) is 30.7 Å². The van der Waals surface area contributed by atoms with Gasteiger partial charge >= 0.3 is 0 Å². The smallest absolute Gasteiger partial charge is 0.258 e. The van der Waals surface area contributed by atoms with Gasteiger partial charge in [0.25, 0.3) is 5.91 Å². The quantitative estimate of drug-likeness (QED) is 0.362. The summed E-state index contributed by atoms with van der Waals surface area (Å²) >= 11 is 12.4. The van der Waals surface area contributed by atoms with Crippen molar-refractivity contribution < 1.29 is 14.4 Å². The van der Waals surface area contributed by atoms with Gasteiger partial charge in [0.15, 0.2) is 0 Å². The van der Waals surface area contributed by atoms with Crippen LogP contribution in [0.5, 0.6) is 0 Å². The van der Waals surface area contributed by atoms with Crippen LogP contribution in [0.4, 0.5) is 5.69 Å². The normalized spacial score (nSPS) is 13.2. The van der Waals surface area contributed by atoms with Gasteiger partial charge in [-0.2, -0.15) is 0 Å². The predicted molar refractivity (Wildman–Crippen MR) is 145 cm³/mol. The molecular weight excluding hydrogens is 497 g/mol. The first kappa shape index (κ1) is 26.0. The Morgan fingerprint density at radius 3 is 2.50 bits per heavy atom. The summed E-state index contributed by atoms with van der Waals surface area (Å²) < 4.78 is 0. The number of benzene rings is 3. The second kappa shape index (κ2) is 11.3. The van der Waals surface area contributed by atoms with Crippen LogP contribution in [-0.2, 0) is 16.1 Å². The van der Waals surface area contributed by atoms with Gasteiger partial charge in [-0.3, -0.25) is 14.4 Å². The van der Waals surface area contributed by atoms with Crippen LogP contribution in [0, 0.1) is 0 Å².